The molecule has 9 nitrogen and oxygen atoms in total. The molecule has 3 rings (SSSR count). The van der Waals surface area contributed by atoms with Crippen molar-refractivity contribution in [1.82, 2.24) is 20.3 Å². The lowest BCUT2D eigenvalue weighted by atomic mass is 10.2. The van der Waals surface area contributed by atoms with Gasteiger partial charge >= 0.3 is 6.03 Å². The summed E-state index contributed by atoms with van der Waals surface area (Å²) >= 11 is 0. The van der Waals surface area contributed by atoms with Gasteiger partial charge in [-0.05, 0) is 51.2 Å². The molecule has 160 valence electrons. The van der Waals surface area contributed by atoms with Crippen molar-refractivity contribution in [3.05, 3.63) is 41.7 Å². The molecule has 2 aromatic rings. The molecule has 0 aliphatic heterocycles. The minimum absolute atomic E-state index is 0.172. The quantitative estimate of drug-likeness (QED) is 0.518. The molecule has 1 aliphatic rings. The van der Waals surface area contributed by atoms with Crippen LogP contribution in [0.15, 0.2) is 30.3 Å². The smallest absolute Gasteiger partial charge is 0.316 e. The number of allylic oxidation sites excluding steroid dienone is 2. The van der Waals surface area contributed by atoms with Crippen molar-refractivity contribution < 1.29 is 14.3 Å². The molecule has 1 heterocycles. The number of urea groups is 1. The predicted octanol–water partition coefficient (Wildman–Crippen LogP) is 2.94. The molecule has 0 radical (unpaired) electrons. The molecule has 0 unspecified atom stereocenters. The van der Waals surface area contributed by atoms with Gasteiger partial charge in [-0.2, -0.15) is 0 Å². The second kappa shape index (κ2) is 9.91. The predicted molar refractivity (Wildman–Crippen MR) is 114 cm³/mol. The van der Waals surface area contributed by atoms with E-state index in [2.05, 4.69) is 33.9 Å². The normalized spacial score (nSPS) is 13.7. The van der Waals surface area contributed by atoms with Crippen molar-refractivity contribution in [3.8, 4) is 5.75 Å². The van der Waals surface area contributed by atoms with E-state index in [-0.39, 0.29) is 11.9 Å². The highest BCUT2D eigenvalue weighted by Gasteiger charge is 2.27. The molecule has 1 aromatic heterocycles. The Morgan fingerprint density at radius 3 is 2.87 bits per heavy atom. The van der Waals surface area contributed by atoms with Crippen molar-refractivity contribution >= 4 is 23.3 Å². The van der Waals surface area contributed by atoms with Crippen LogP contribution >= 0.6 is 0 Å². The standard InChI is InChI=1S/C21H28N6O3/c1-3-6-14(2)27-18(19(25-26-27)20(28)23-15-10-11-15)9-5-12-30-17-8-4-7-16(13-17)24-21(22)29/h4,6-8,13,15H,3,5,9-12H2,1-2H3,(H,23,28)(H3,22,24,29)/b14-6+. The summed E-state index contributed by atoms with van der Waals surface area (Å²) in [7, 11) is 0. The Kier molecular flexibility index (Phi) is 7.05. The Bertz CT molecular complexity index is 933. The molecular weight excluding hydrogens is 384 g/mol. The number of hydrogen-bond acceptors (Lipinski definition) is 5. The van der Waals surface area contributed by atoms with E-state index in [1.165, 1.54) is 0 Å². The average molecular weight is 412 g/mol. The van der Waals surface area contributed by atoms with Crippen molar-refractivity contribution in [2.45, 2.75) is 52.0 Å². The average Bonchev–Trinajstić information content (AvgIpc) is 3.40. The van der Waals surface area contributed by atoms with Crippen LogP contribution in [0.1, 0.15) is 55.7 Å². The van der Waals surface area contributed by atoms with Gasteiger partial charge in [0.25, 0.3) is 5.91 Å². The van der Waals surface area contributed by atoms with Crippen LogP contribution in [0.4, 0.5) is 10.5 Å². The minimum Gasteiger partial charge on any atom is -0.494 e. The zero-order chi connectivity index (χ0) is 21.5. The SMILES string of the molecule is CC/C=C(\C)n1nnc(C(=O)NC2CC2)c1CCCOc1cccc(NC(N)=O)c1. The van der Waals surface area contributed by atoms with Crippen LogP contribution in [-0.4, -0.2) is 39.6 Å². The summed E-state index contributed by atoms with van der Waals surface area (Å²) in [5.41, 5.74) is 7.81. The molecule has 0 spiro atoms. The largest absolute Gasteiger partial charge is 0.494 e. The minimum atomic E-state index is -0.625. The molecule has 1 aliphatic carbocycles. The monoisotopic (exact) mass is 412 g/mol. The zero-order valence-corrected chi connectivity index (χ0v) is 17.4. The number of ether oxygens (including phenoxy) is 1. The molecule has 30 heavy (non-hydrogen) atoms. The van der Waals surface area contributed by atoms with Crippen LogP contribution in [0.25, 0.3) is 5.70 Å². The van der Waals surface area contributed by atoms with Gasteiger partial charge in [0, 0.05) is 23.5 Å². The molecule has 4 N–H and O–H groups in total. The van der Waals surface area contributed by atoms with Crippen LogP contribution < -0.4 is 21.1 Å². The maximum absolute atomic E-state index is 12.6. The highest BCUT2D eigenvalue weighted by atomic mass is 16.5. The first-order valence-corrected chi connectivity index (χ1v) is 10.2. The number of benzene rings is 1. The number of hydrogen-bond donors (Lipinski definition) is 3. The van der Waals surface area contributed by atoms with Crippen molar-refractivity contribution in [3.63, 3.8) is 0 Å². The second-order valence-electron chi connectivity index (χ2n) is 7.27. The first-order chi connectivity index (χ1) is 14.5. The topological polar surface area (TPSA) is 124 Å². The summed E-state index contributed by atoms with van der Waals surface area (Å²) in [4.78, 5) is 23.5. The number of nitrogens with one attached hydrogen (secondary N) is 2. The summed E-state index contributed by atoms with van der Waals surface area (Å²) in [5.74, 6) is 0.454. The van der Waals surface area contributed by atoms with E-state index < -0.39 is 6.03 Å². The van der Waals surface area contributed by atoms with Gasteiger partial charge < -0.3 is 21.1 Å². The first kappa shape index (κ1) is 21.4. The molecule has 0 bridgehead atoms. The molecule has 1 saturated carbocycles. The van der Waals surface area contributed by atoms with Gasteiger partial charge in [-0.15, -0.1) is 5.10 Å². The van der Waals surface area contributed by atoms with Crippen LogP contribution in [0.5, 0.6) is 5.75 Å². The first-order valence-electron chi connectivity index (χ1n) is 10.2. The molecule has 3 amide bonds. The third kappa shape index (κ3) is 5.82. The molecule has 0 saturated heterocycles. The lowest BCUT2D eigenvalue weighted by Crippen LogP contribution is -2.27. The molecule has 0 atom stereocenters. The fourth-order valence-corrected chi connectivity index (χ4v) is 3.08. The summed E-state index contributed by atoms with van der Waals surface area (Å²) in [5, 5.41) is 13.8. The van der Waals surface area contributed by atoms with E-state index in [4.69, 9.17) is 10.5 Å². The second-order valence-corrected chi connectivity index (χ2v) is 7.27. The van der Waals surface area contributed by atoms with Crippen LogP contribution in [0.2, 0.25) is 0 Å². The van der Waals surface area contributed by atoms with Gasteiger partial charge in [0.1, 0.15) is 5.75 Å². The van der Waals surface area contributed by atoms with Gasteiger partial charge in [-0.1, -0.05) is 24.3 Å². The number of nitrogens with two attached hydrogens (primary N) is 1. The number of amides is 3. The van der Waals surface area contributed by atoms with Gasteiger partial charge in [0.2, 0.25) is 0 Å². The summed E-state index contributed by atoms with van der Waals surface area (Å²) < 4.78 is 7.53. The van der Waals surface area contributed by atoms with Crippen LogP contribution in [-0.2, 0) is 6.42 Å². The summed E-state index contributed by atoms with van der Waals surface area (Å²) in [6.45, 7) is 4.44. The van der Waals surface area contributed by atoms with Gasteiger partial charge in [-0.25, -0.2) is 9.48 Å². The van der Waals surface area contributed by atoms with Gasteiger partial charge in [0.15, 0.2) is 5.69 Å². The van der Waals surface area contributed by atoms with Crippen molar-refractivity contribution in [1.29, 1.82) is 0 Å². The third-order valence-electron chi connectivity index (χ3n) is 4.65. The fourth-order valence-electron chi connectivity index (χ4n) is 3.08. The lowest BCUT2D eigenvalue weighted by Gasteiger charge is -2.10. The number of aromatic nitrogens is 3. The zero-order valence-electron chi connectivity index (χ0n) is 17.4. The Labute approximate surface area is 175 Å². The van der Waals surface area contributed by atoms with E-state index >= 15 is 0 Å². The Morgan fingerprint density at radius 2 is 2.17 bits per heavy atom. The third-order valence-corrected chi connectivity index (χ3v) is 4.65. The van der Waals surface area contributed by atoms with Gasteiger partial charge in [-0.3, -0.25) is 4.79 Å². The van der Waals surface area contributed by atoms with E-state index in [1.807, 2.05) is 6.92 Å². The molecule has 1 fully saturated rings. The van der Waals surface area contributed by atoms with E-state index in [0.717, 1.165) is 30.7 Å². The maximum atomic E-state index is 12.6. The van der Waals surface area contributed by atoms with E-state index in [0.29, 0.717) is 36.6 Å². The number of primary amides is 1. The maximum Gasteiger partial charge on any atom is 0.316 e. The molecule has 9 heteroatoms. The molecule has 1 aromatic carbocycles. The highest BCUT2D eigenvalue weighted by Crippen LogP contribution is 2.21. The number of nitrogens with zero attached hydrogens (tertiary/aromatic N) is 3. The lowest BCUT2D eigenvalue weighted by molar-refractivity contribution is 0.0945. The number of carbonyl (C=O) groups is 2. The summed E-state index contributed by atoms with van der Waals surface area (Å²) in [6, 6.07) is 6.65. The summed E-state index contributed by atoms with van der Waals surface area (Å²) in [6.07, 6.45) is 6.21. The molecular formula is C21H28N6O3. The number of rotatable bonds is 10. The van der Waals surface area contributed by atoms with E-state index in [9.17, 15) is 9.59 Å². The van der Waals surface area contributed by atoms with Gasteiger partial charge in [0.05, 0.1) is 12.3 Å². The highest BCUT2D eigenvalue weighted by molar-refractivity contribution is 5.93. The number of carbonyl (C=O) groups excluding carboxylic acids is 2. The van der Waals surface area contributed by atoms with Crippen molar-refractivity contribution in [2.24, 2.45) is 5.73 Å². The Morgan fingerprint density at radius 1 is 1.37 bits per heavy atom. The number of anilines is 1. The Hall–Kier alpha value is -3.36. The fraction of sp³-hybridized carbons (Fsp3) is 0.429. The van der Waals surface area contributed by atoms with E-state index in [1.54, 1.807) is 28.9 Å². The van der Waals surface area contributed by atoms with Crippen LogP contribution in [0, 0.1) is 0 Å². The van der Waals surface area contributed by atoms with Crippen LogP contribution in [0.3, 0.4) is 0 Å². The van der Waals surface area contributed by atoms with Crippen molar-refractivity contribution in [2.75, 3.05) is 11.9 Å². The Balaban J connectivity index is 1.64.